The number of amides is 1. The van der Waals surface area contributed by atoms with Crippen molar-refractivity contribution in [2.45, 2.75) is 65.1 Å². The molecule has 1 aromatic heterocycles. The number of nitrogens with zero attached hydrogens (tertiary/aromatic N) is 1. The summed E-state index contributed by atoms with van der Waals surface area (Å²) in [6.07, 6.45) is 1.91. The molecule has 2 unspecified atom stereocenters. The summed E-state index contributed by atoms with van der Waals surface area (Å²) in [6.45, 7) is 11.7. The van der Waals surface area contributed by atoms with E-state index in [0.29, 0.717) is 6.04 Å². The molecule has 1 saturated heterocycles. The lowest BCUT2D eigenvalue weighted by Gasteiger charge is -2.29. The lowest BCUT2D eigenvalue weighted by atomic mass is 10.2. The molecule has 0 spiro atoms. The molecule has 2 rings (SSSR count). The molecule has 1 aliphatic rings. The first-order chi connectivity index (χ1) is 10.3. The highest BCUT2D eigenvalue weighted by Gasteiger charge is 2.32. The quantitative estimate of drug-likeness (QED) is 0.906. The normalized spacial score (nSPS) is 20.2. The minimum absolute atomic E-state index is 0.184. The molecule has 1 fully saturated rings. The Morgan fingerprint density at radius 1 is 1.50 bits per heavy atom. The van der Waals surface area contributed by atoms with Gasteiger partial charge in [0.05, 0.1) is 0 Å². The molecule has 0 aliphatic carbocycles. The van der Waals surface area contributed by atoms with E-state index in [4.69, 9.17) is 4.74 Å². The van der Waals surface area contributed by atoms with E-state index in [9.17, 15) is 4.79 Å². The molecule has 0 bridgehead atoms. The molecule has 1 N–H and O–H groups in total. The lowest BCUT2D eigenvalue weighted by Crippen LogP contribution is -2.44. The Labute approximate surface area is 137 Å². The van der Waals surface area contributed by atoms with E-state index in [1.807, 2.05) is 37.0 Å². The summed E-state index contributed by atoms with van der Waals surface area (Å²) >= 11 is 1.83. The Bertz CT molecular complexity index is 507. The highest BCUT2D eigenvalue weighted by atomic mass is 32.1. The zero-order valence-corrected chi connectivity index (χ0v) is 15.1. The van der Waals surface area contributed by atoms with Crippen molar-refractivity contribution >= 4 is 17.4 Å². The van der Waals surface area contributed by atoms with Gasteiger partial charge in [0.2, 0.25) is 0 Å². The van der Waals surface area contributed by atoms with Crippen molar-refractivity contribution in [2.24, 2.45) is 0 Å². The standard InChI is InChI=1S/C17H28N2O2S/c1-12-8-9-15(22-12)13(2)18-11-14-7-6-10-19(14)16(20)21-17(3,4)5/h8-9,13-14,18H,6-7,10-11H2,1-5H3. The molecule has 1 amide bonds. The van der Waals surface area contributed by atoms with E-state index in [1.165, 1.54) is 9.75 Å². The third kappa shape index (κ3) is 4.71. The van der Waals surface area contributed by atoms with Crippen LogP contribution < -0.4 is 5.32 Å². The fourth-order valence-corrected chi connectivity index (χ4v) is 3.61. The molecule has 2 atom stereocenters. The van der Waals surface area contributed by atoms with E-state index in [-0.39, 0.29) is 12.1 Å². The number of hydrogen-bond acceptors (Lipinski definition) is 4. The van der Waals surface area contributed by atoms with Gasteiger partial charge in [-0.3, -0.25) is 0 Å². The van der Waals surface area contributed by atoms with Gasteiger partial charge in [0.25, 0.3) is 0 Å². The summed E-state index contributed by atoms with van der Waals surface area (Å²) < 4.78 is 5.51. The number of hydrogen-bond donors (Lipinski definition) is 1. The van der Waals surface area contributed by atoms with Crippen LogP contribution in [0.2, 0.25) is 0 Å². The van der Waals surface area contributed by atoms with Gasteiger partial charge in [-0.2, -0.15) is 0 Å². The predicted molar refractivity (Wildman–Crippen MR) is 91.4 cm³/mol. The van der Waals surface area contributed by atoms with Crippen molar-refractivity contribution in [3.8, 4) is 0 Å². The van der Waals surface area contributed by atoms with Crippen LogP contribution >= 0.6 is 11.3 Å². The average molecular weight is 324 g/mol. The van der Waals surface area contributed by atoms with Gasteiger partial charge in [-0.25, -0.2) is 4.79 Å². The van der Waals surface area contributed by atoms with Crippen LogP contribution in [0, 0.1) is 6.92 Å². The van der Waals surface area contributed by atoms with Crippen LogP contribution in [0.5, 0.6) is 0 Å². The second-order valence-corrected chi connectivity index (χ2v) is 8.37. The zero-order valence-electron chi connectivity index (χ0n) is 14.3. The smallest absolute Gasteiger partial charge is 0.410 e. The summed E-state index contributed by atoms with van der Waals surface area (Å²) in [5.74, 6) is 0. The topological polar surface area (TPSA) is 41.6 Å². The molecular formula is C17H28N2O2S. The van der Waals surface area contributed by atoms with Crippen LogP contribution in [0.1, 0.15) is 56.3 Å². The highest BCUT2D eigenvalue weighted by molar-refractivity contribution is 7.12. The second-order valence-electron chi connectivity index (χ2n) is 7.05. The van der Waals surface area contributed by atoms with E-state index >= 15 is 0 Å². The van der Waals surface area contributed by atoms with Crippen molar-refractivity contribution in [2.75, 3.05) is 13.1 Å². The maximum atomic E-state index is 12.3. The summed E-state index contributed by atoms with van der Waals surface area (Å²) in [4.78, 5) is 16.8. The number of thiophene rings is 1. The molecule has 2 heterocycles. The van der Waals surface area contributed by atoms with Gasteiger partial charge >= 0.3 is 6.09 Å². The summed E-state index contributed by atoms with van der Waals surface area (Å²) in [5, 5.41) is 3.56. The highest BCUT2D eigenvalue weighted by Crippen LogP contribution is 2.24. The minimum atomic E-state index is -0.431. The van der Waals surface area contributed by atoms with Gasteiger partial charge in [-0.05, 0) is 59.6 Å². The van der Waals surface area contributed by atoms with Crippen LogP contribution in [0.15, 0.2) is 12.1 Å². The van der Waals surface area contributed by atoms with Crippen LogP contribution in [0.4, 0.5) is 4.79 Å². The van der Waals surface area contributed by atoms with Crippen LogP contribution in [0.25, 0.3) is 0 Å². The summed E-state index contributed by atoms with van der Waals surface area (Å²) in [6, 6.07) is 4.89. The molecular weight excluding hydrogens is 296 g/mol. The molecule has 5 heteroatoms. The van der Waals surface area contributed by atoms with Gasteiger partial charge in [0.1, 0.15) is 5.60 Å². The molecule has 0 aromatic carbocycles. The minimum Gasteiger partial charge on any atom is -0.444 e. The second kappa shape index (κ2) is 7.01. The maximum Gasteiger partial charge on any atom is 0.410 e. The largest absolute Gasteiger partial charge is 0.444 e. The van der Waals surface area contributed by atoms with Crippen LogP contribution in [-0.2, 0) is 4.74 Å². The SMILES string of the molecule is Cc1ccc(C(C)NCC2CCCN2C(=O)OC(C)(C)C)s1. The number of rotatable bonds is 4. The third-order valence-corrected chi connectivity index (χ3v) is 5.04. The van der Waals surface area contributed by atoms with E-state index < -0.39 is 5.60 Å². The number of nitrogens with one attached hydrogen (secondary N) is 1. The van der Waals surface area contributed by atoms with Gasteiger partial charge in [0.15, 0.2) is 0 Å². The van der Waals surface area contributed by atoms with Crippen LogP contribution in [-0.4, -0.2) is 35.7 Å². The Kier molecular flexibility index (Phi) is 5.50. The first kappa shape index (κ1) is 17.3. The first-order valence-corrected chi connectivity index (χ1v) is 8.87. The molecule has 4 nitrogen and oxygen atoms in total. The zero-order chi connectivity index (χ0) is 16.3. The van der Waals surface area contributed by atoms with Crippen molar-refractivity contribution in [3.05, 3.63) is 21.9 Å². The van der Waals surface area contributed by atoms with Crippen molar-refractivity contribution in [3.63, 3.8) is 0 Å². The van der Waals surface area contributed by atoms with Gasteiger partial charge in [0, 0.05) is 34.9 Å². The molecule has 1 aliphatic heterocycles. The molecule has 124 valence electrons. The number of carbonyl (C=O) groups is 1. The average Bonchev–Trinajstić information content (AvgIpc) is 3.02. The van der Waals surface area contributed by atoms with Crippen molar-refractivity contribution in [1.82, 2.24) is 10.2 Å². The molecule has 0 radical (unpaired) electrons. The lowest BCUT2D eigenvalue weighted by molar-refractivity contribution is 0.0225. The van der Waals surface area contributed by atoms with E-state index in [1.54, 1.807) is 0 Å². The van der Waals surface area contributed by atoms with Crippen LogP contribution in [0.3, 0.4) is 0 Å². The van der Waals surface area contributed by atoms with Crippen molar-refractivity contribution < 1.29 is 9.53 Å². The monoisotopic (exact) mass is 324 g/mol. The fourth-order valence-electron chi connectivity index (χ4n) is 2.71. The fraction of sp³-hybridized carbons (Fsp3) is 0.706. The van der Waals surface area contributed by atoms with E-state index in [2.05, 4.69) is 31.3 Å². The molecule has 1 aromatic rings. The Morgan fingerprint density at radius 3 is 2.82 bits per heavy atom. The van der Waals surface area contributed by atoms with Crippen molar-refractivity contribution in [1.29, 1.82) is 0 Å². The number of aryl methyl sites for hydroxylation is 1. The predicted octanol–water partition coefficient (Wildman–Crippen LogP) is 4.11. The molecule has 0 saturated carbocycles. The number of likely N-dealkylation sites (tertiary alicyclic amines) is 1. The van der Waals surface area contributed by atoms with Gasteiger partial charge in [-0.15, -0.1) is 11.3 Å². The number of carbonyl (C=O) groups excluding carboxylic acids is 1. The Balaban J connectivity index is 1.87. The van der Waals surface area contributed by atoms with Gasteiger partial charge in [-0.1, -0.05) is 0 Å². The Morgan fingerprint density at radius 2 is 2.23 bits per heavy atom. The van der Waals surface area contributed by atoms with Gasteiger partial charge < -0.3 is 15.0 Å². The number of ether oxygens (including phenoxy) is 1. The Hall–Kier alpha value is -1.07. The molecule has 22 heavy (non-hydrogen) atoms. The third-order valence-electron chi connectivity index (χ3n) is 3.85. The van der Waals surface area contributed by atoms with E-state index in [0.717, 1.165) is 25.9 Å². The first-order valence-electron chi connectivity index (χ1n) is 8.05. The maximum absolute atomic E-state index is 12.3. The summed E-state index contributed by atoms with van der Waals surface area (Å²) in [5.41, 5.74) is -0.431. The summed E-state index contributed by atoms with van der Waals surface area (Å²) in [7, 11) is 0.